The number of para-hydroxylation sites is 1. The Kier molecular flexibility index (Phi) is 4.49. The zero-order valence-electron chi connectivity index (χ0n) is 15.8. The van der Waals surface area contributed by atoms with E-state index in [9.17, 15) is 4.79 Å². The second-order valence-corrected chi connectivity index (χ2v) is 8.55. The Morgan fingerprint density at radius 2 is 2.00 bits per heavy atom. The number of carbonyl (C=O) groups excluding carboxylic acids is 1. The van der Waals surface area contributed by atoms with Crippen LogP contribution in [-0.4, -0.2) is 22.4 Å². The zero-order valence-corrected chi connectivity index (χ0v) is 17.3. The fourth-order valence-corrected chi connectivity index (χ4v) is 5.08. The Bertz CT molecular complexity index is 1390. The first-order valence-electron chi connectivity index (χ1n) is 9.43. The molecular formula is C23H18ClN3OS. The highest BCUT2D eigenvalue weighted by Gasteiger charge is 2.15. The quantitative estimate of drug-likeness (QED) is 0.358. The van der Waals surface area contributed by atoms with Gasteiger partial charge in [0.25, 0.3) is 5.91 Å². The fraction of sp³-hybridized carbons (Fsp3) is 0.130. The molecular weight excluding hydrogens is 402 g/mol. The summed E-state index contributed by atoms with van der Waals surface area (Å²) < 4.78 is 1.01. The number of pyridine rings is 1. The normalized spacial score (nSPS) is 11.5. The number of hydrogen-bond acceptors (Lipinski definition) is 3. The van der Waals surface area contributed by atoms with Crippen molar-refractivity contribution in [3.8, 4) is 0 Å². The molecule has 2 aromatic carbocycles. The lowest BCUT2D eigenvalue weighted by molar-refractivity contribution is 0.0958. The predicted octanol–water partition coefficient (Wildman–Crippen LogP) is 5.87. The number of thiophene rings is 1. The van der Waals surface area contributed by atoms with Gasteiger partial charge in [0.15, 0.2) is 0 Å². The van der Waals surface area contributed by atoms with Gasteiger partial charge in [-0.25, -0.2) is 4.98 Å². The average Bonchev–Trinajstić information content (AvgIpc) is 3.34. The first-order chi connectivity index (χ1) is 14.1. The van der Waals surface area contributed by atoms with Gasteiger partial charge < -0.3 is 10.3 Å². The third-order valence-corrected chi connectivity index (χ3v) is 6.60. The molecule has 0 aliphatic heterocycles. The van der Waals surface area contributed by atoms with Gasteiger partial charge in [-0.05, 0) is 43.2 Å². The Hall–Kier alpha value is -2.89. The third-order valence-electron chi connectivity index (χ3n) is 5.15. The minimum Gasteiger partial charge on any atom is -0.361 e. The van der Waals surface area contributed by atoms with Gasteiger partial charge in [-0.15, -0.1) is 11.3 Å². The van der Waals surface area contributed by atoms with Crippen LogP contribution in [0.25, 0.3) is 31.9 Å². The SMILES string of the molecule is Cc1ccc2nc(Cl)c3cc(C(=O)NCCc4c[nH]c5ccccc45)sc3c2c1. The number of fused-ring (bicyclic) bond motifs is 4. The molecule has 0 bridgehead atoms. The number of halogens is 1. The molecule has 0 spiro atoms. The Morgan fingerprint density at radius 3 is 2.90 bits per heavy atom. The van der Waals surface area contributed by atoms with Gasteiger partial charge in [0.05, 0.1) is 10.4 Å². The molecule has 144 valence electrons. The van der Waals surface area contributed by atoms with Crippen LogP contribution in [0.3, 0.4) is 0 Å². The molecule has 0 unspecified atom stereocenters. The Labute approximate surface area is 176 Å². The van der Waals surface area contributed by atoms with Gasteiger partial charge in [0.1, 0.15) is 5.15 Å². The van der Waals surface area contributed by atoms with Gasteiger partial charge >= 0.3 is 0 Å². The molecule has 0 saturated heterocycles. The van der Waals surface area contributed by atoms with E-state index in [-0.39, 0.29) is 5.91 Å². The number of aromatic nitrogens is 2. The van der Waals surface area contributed by atoms with Crippen molar-refractivity contribution in [3.63, 3.8) is 0 Å². The van der Waals surface area contributed by atoms with Crippen molar-refractivity contribution in [2.75, 3.05) is 6.54 Å². The number of aryl methyl sites for hydroxylation is 1. The van der Waals surface area contributed by atoms with Crippen LogP contribution in [0.2, 0.25) is 5.15 Å². The largest absolute Gasteiger partial charge is 0.361 e. The van der Waals surface area contributed by atoms with Crippen LogP contribution in [0.1, 0.15) is 20.8 Å². The Morgan fingerprint density at radius 1 is 1.14 bits per heavy atom. The molecule has 6 heteroatoms. The lowest BCUT2D eigenvalue weighted by Crippen LogP contribution is -2.24. The van der Waals surface area contributed by atoms with Crippen molar-refractivity contribution < 1.29 is 4.79 Å². The summed E-state index contributed by atoms with van der Waals surface area (Å²) in [6.07, 6.45) is 2.78. The molecule has 3 aromatic heterocycles. The van der Waals surface area contributed by atoms with E-state index in [1.165, 1.54) is 22.3 Å². The highest BCUT2D eigenvalue weighted by Crippen LogP contribution is 2.36. The van der Waals surface area contributed by atoms with E-state index in [1.54, 1.807) is 0 Å². The van der Waals surface area contributed by atoms with Crippen LogP contribution in [0.4, 0.5) is 0 Å². The molecule has 0 atom stereocenters. The smallest absolute Gasteiger partial charge is 0.261 e. The number of amides is 1. The van der Waals surface area contributed by atoms with E-state index in [0.29, 0.717) is 16.6 Å². The summed E-state index contributed by atoms with van der Waals surface area (Å²) in [6, 6.07) is 16.1. The number of hydrogen-bond donors (Lipinski definition) is 2. The Balaban J connectivity index is 1.39. The van der Waals surface area contributed by atoms with Crippen molar-refractivity contribution in [2.45, 2.75) is 13.3 Å². The number of nitrogens with zero attached hydrogens (tertiary/aromatic N) is 1. The summed E-state index contributed by atoms with van der Waals surface area (Å²) in [4.78, 5) is 21.1. The van der Waals surface area contributed by atoms with E-state index in [2.05, 4.69) is 33.5 Å². The number of benzene rings is 2. The predicted molar refractivity (Wildman–Crippen MR) is 121 cm³/mol. The topological polar surface area (TPSA) is 57.8 Å². The highest BCUT2D eigenvalue weighted by molar-refractivity contribution is 7.21. The number of aromatic amines is 1. The summed E-state index contributed by atoms with van der Waals surface area (Å²) in [5.41, 5.74) is 4.32. The molecule has 0 saturated carbocycles. The maximum Gasteiger partial charge on any atom is 0.261 e. The summed E-state index contributed by atoms with van der Waals surface area (Å²) in [5.74, 6) is -0.0806. The van der Waals surface area contributed by atoms with Crippen molar-refractivity contribution in [3.05, 3.63) is 75.9 Å². The van der Waals surface area contributed by atoms with E-state index in [4.69, 9.17) is 11.6 Å². The third kappa shape index (κ3) is 3.26. The van der Waals surface area contributed by atoms with E-state index in [1.807, 2.05) is 43.5 Å². The average molecular weight is 420 g/mol. The summed E-state index contributed by atoms with van der Waals surface area (Å²) >= 11 is 7.85. The van der Waals surface area contributed by atoms with Crippen molar-refractivity contribution >= 4 is 60.7 Å². The molecule has 29 heavy (non-hydrogen) atoms. The fourth-order valence-electron chi connectivity index (χ4n) is 3.69. The molecule has 2 N–H and O–H groups in total. The number of carbonyl (C=O) groups is 1. The number of nitrogens with one attached hydrogen (secondary N) is 2. The zero-order chi connectivity index (χ0) is 20.0. The van der Waals surface area contributed by atoms with Crippen LogP contribution in [0.5, 0.6) is 0 Å². The molecule has 1 amide bonds. The number of H-pyrrole nitrogens is 1. The number of rotatable bonds is 4. The van der Waals surface area contributed by atoms with E-state index < -0.39 is 0 Å². The molecule has 0 radical (unpaired) electrons. The maximum atomic E-state index is 12.7. The molecule has 0 fully saturated rings. The summed E-state index contributed by atoms with van der Waals surface area (Å²) in [7, 11) is 0. The monoisotopic (exact) mass is 419 g/mol. The highest BCUT2D eigenvalue weighted by atomic mass is 35.5. The summed E-state index contributed by atoms with van der Waals surface area (Å²) in [5, 5.41) is 6.53. The van der Waals surface area contributed by atoms with Crippen molar-refractivity contribution in [1.29, 1.82) is 0 Å². The van der Waals surface area contributed by atoms with Crippen LogP contribution >= 0.6 is 22.9 Å². The lowest BCUT2D eigenvalue weighted by atomic mass is 10.1. The van der Waals surface area contributed by atoms with Crippen molar-refractivity contribution in [1.82, 2.24) is 15.3 Å². The first-order valence-corrected chi connectivity index (χ1v) is 10.6. The van der Waals surface area contributed by atoms with Crippen LogP contribution in [0, 0.1) is 6.92 Å². The van der Waals surface area contributed by atoms with E-state index >= 15 is 0 Å². The second-order valence-electron chi connectivity index (χ2n) is 7.14. The van der Waals surface area contributed by atoms with E-state index in [0.717, 1.165) is 38.5 Å². The second kappa shape index (κ2) is 7.17. The van der Waals surface area contributed by atoms with Crippen LogP contribution in [0.15, 0.2) is 54.7 Å². The van der Waals surface area contributed by atoms with Gasteiger partial charge in [0.2, 0.25) is 0 Å². The minimum absolute atomic E-state index is 0.0806. The van der Waals surface area contributed by atoms with Crippen LogP contribution in [-0.2, 0) is 6.42 Å². The standard InChI is InChI=1S/C23H18ClN3OS/c1-13-6-7-19-16(10-13)21-17(22(24)27-19)11-20(29-21)23(28)25-9-8-14-12-26-18-5-3-2-4-15(14)18/h2-7,10-12,26H,8-9H2,1H3,(H,25,28). The lowest BCUT2D eigenvalue weighted by Gasteiger charge is -2.03. The first kappa shape index (κ1) is 18.2. The van der Waals surface area contributed by atoms with Gasteiger partial charge in [-0.2, -0.15) is 0 Å². The minimum atomic E-state index is -0.0806. The molecule has 3 heterocycles. The molecule has 4 nitrogen and oxygen atoms in total. The van der Waals surface area contributed by atoms with Crippen molar-refractivity contribution in [2.24, 2.45) is 0 Å². The maximum absolute atomic E-state index is 12.7. The molecule has 0 aliphatic carbocycles. The summed E-state index contributed by atoms with van der Waals surface area (Å²) in [6.45, 7) is 2.62. The van der Waals surface area contributed by atoms with Gasteiger partial charge in [-0.1, -0.05) is 41.4 Å². The van der Waals surface area contributed by atoms with Crippen LogP contribution < -0.4 is 5.32 Å². The van der Waals surface area contributed by atoms with Gasteiger partial charge in [0, 0.05) is 39.1 Å². The molecule has 5 aromatic rings. The van der Waals surface area contributed by atoms with Gasteiger partial charge in [-0.3, -0.25) is 4.79 Å². The molecule has 0 aliphatic rings. The molecule has 5 rings (SSSR count).